The first-order chi connectivity index (χ1) is 8.61. The molecule has 18 heavy (non-hydrogen) atoms. The van der Waals surface area contributed by atoms with Crippen LogP contribution in [0.1, 0.15) is 12.5 Å². The lowest BCUT2D eigenvalue weighted by Crippen LogP contribution is -2.41. The first-order valence-electron chi connectivity index (χ1n) is 5.67. The Morgan fingerprint density at radius 1 is 1.61 bits per heavy atom. The molecule has 1 saturated heterocycles. The number of ether oxygens (including phenoxy) is 1. The standard InChI is InChI=1S/C12H13N3O3/c1-9-8-14(4-5-18-9)11-3-2-10(7-13)6-12(11)15(16)17/h2-3,6,9H,4-5,8H2,1H3. The highest BCUT2D eigenvalue weighted by Gasteiger charge is 2.24. The van der Waals surface area contributed by atoms with E-state index in [-0.39, 0.29) is 11.8 Å². The molecule has 0 bridgehead atoms. The van der Waals surface area contributed by atoms with Crippen LogP contribution in [0.5, 0.6) is 0 Å². The fourth-order valence-electron chi connectivity index (χ4n) is 2.04. The maximum atomic E-state index is 11.1. The number of nitriles is 1. The summed E-state index contributed by atoms with van der Waals surface area (Å²) in [7, 11) is 0. The molecule has 0 spiro atoms. The quantitative estimate of drug-likeness (QED) is 0.587. The predicted molar refractivity (Wildman–Crippen MR) is 65.4 cm³/mol. The summed E-state index contributed by atoms with van der Waals surface area (Å²) in [6, 6.07) is 6.46. The van der Waals surface area contributed by atoms with Crippen LogP contribution in [0.25, 0.3) is 0 Å². The molecule has 1 aliphatic heterocycles. The van der Waals surface area contributed by atoms with Gasteiger partial charge in [0, 0.05) is 19.2 Å². The summed E-state index contributed by atoms with van der Waals surface area (Å²) in [5.74, 6) is 0. The van der Waals surface area contributed by atoms with Crippen molar-refractivity contribution in [1.82, 2.24) is 0 Å². The molecular weight excluding hydrogens is 234 g/mol. The van der Waals surface area contributed by atoms with Gasteiger partial charge in [0.25, 0.3) is 5.69 Å². The number of hydrogen-bond acceptors (Lipinski definition) is 5. The smallest absolute Gasteiger partial charge is 0.293 e. The van der Waals surface area contributed by atoms with Gasteiger partial charge in [0.05, 0.1) is 29.3 Å². The number of hydrogen-bond donors (Lipinski definition) is 0. The fraction of sp³-hybridized carbons (Fsp3) is 0.417. The Hall–Kier alpha value is -2.13. The number of nitro groups is 1. The topological polar surface area (TPSA) is 79.4 Å². The second-order valence-corrected chi connectivity index (χ2v) is 4.20. The molecule has 6 heteroatoms. The molecule has 1 aliphatic rings. The molecule has 94 valence electrons. The van der Waals surface area contributed by atoms with Gasteiger partial charge in [0.15, 0.2) is 0 Å². The molecule has 2 rings (SSSR count). The van der Waals surface area contributed by atoms with Gasteiger partial charge in [0.2, 0.25) is 0 Å². The molecule has 0 saturated carbocycles. The van der Waals surface area contributed by atoms with Crippen LogP contribution >= 0.6 is 0 Å². The van der Waals surface area contributed by atoms with E-state index in [4.69, 9.17) is 10.00 Å². The van der Waals surface area contributed by atoms with Crippen LogP contribution in [0.2, 0.25) is 0 Å². The monoisotopic (exact) mass is 247 g/mol. The van der Waals surface area contributed by atoms with Crippen molar-refractivity contribution in [2.24, 2.45) is 0 Å². The average molecular weight is 247 g/mol. The van der Waals surface area contributed by atoms with Gasteiger partial charge in [-0.3, -0.25) is 10.1 Å². The summed E-state index contributed by atoms with van der Waals surface area (Å²) in [5.41, 5.74) is 0.823. The van der Waals surface area contributed by atoms with Crippen molar-refractivity contribution in [2.75, 3.05) is 24.6 Å². The van der Waals surface area contributed by atoms with Gasteiger partial charge in [-0.2, -0.15) is 5.26 Å². The summed E-state index contributed by atoms with van der Waals surface area (Å²) < 4.78 is 5.41. The number of anilines is 1. The second-order valence-electron chi connectivity index (χ2n) is 4.20. The average Bonchev–Trinajstić information content (AvgIpc) is 2.38. The minimum absolute atomic E-state index is 0.0249. The summed E-state index contributed by atoms with van der Waals surface area (Å²) in [4.78, 5) is 12.5. The summed E-state index contributed by atoms with van der Waals surface area (Å²) in [5, 5.41) is 19.8. The van der Waals surface area contributed by atoms with Crippen LogP contribution < -0.4 is 4.90 Å². The highest BCUT2D eigenvalue weighted by molar-refractivity contribution is 5.65. The largest absolute Gasteiger partial charge is 0.375 e. The maximum Gasteiger partial charge on any atom is 0.293 e. The van der Waals surface area contributed by atoms with Crippen molar-refractivity contribution in [3.05, 3.63) is 33.9 Å². The van der Waals surface area contributed by atoms with Crippen molar-refractivity contribution in [3.8, 4) is 6.07 Å². The van der Waals surface area contributed by atoms with Crippen molar-refractivity contribution in [1.29, 1.82) is 5.26 Å². The Balaban J connectivity index is 2.37. The molecule has 0 radical (unpaired) electrons. The molecule has 1 fully saturated rings. The zero-order chi connectivity index (χ0) is 13.1. The molecule has 1 atom stereocenters. The van der Waals surface area contributed by atoms with E-state index < -0.39 is 4.92 Å². The van der Waals surface area contributed by atoms with Crippen molar-refractivity contribution in [2.45, 2.75) is 13.0 Å². The van der Waals surface area contributed by atoms with E-state index in [1.165, 1.54) is 6.07 Å². The van der Waals surface area contributed by atoms with Gasteiger partial charge in [-0.05, 0) is 19.1 Å². The van der Waals surface area contributed by atoms with Crippen LogP contribution in [0, 0.1) is 21.4 Å². The third-order valence-electron chi connectivity index (χ3n) is 2.88. The lowest BCUT2D eigenvalue weighted by Gasteiger charge is -2.32. The number of benzene rings is 1. The third kappa shape index (κ3) is 2.41. The molecule has 6 nitrogen and oxygen atoms in total. The van der Waals surface area contributed by atoms with E-state index in [0.717, 1.165) is 0 Å². The van der Waals surface area contributed by atoms with Gasteiger partial charge >= 0.3 is 0 Å². The Morgan fingerprint density at radius 2 is 2.39 bits per heavy atom. The van der Waals surface area contributed by atoms with Gasteiger partial charge < -0.3 is 9.64 Å². The first-order valence-corrected chi connectivity index (χ1v) is 5.67. The lowest BCUT2D eigenvalue weighted by molar-refractivity contribution is -0.384. The van der Waals surface area contributed by atoms with Crippen LogP contribution in [0.3, 0.4) is 0 Å². The minimum atomic E-state index is -0.448. The van der Waals surface area contributed by atoms with Gasteiger partial charge in [0.1, 0.15) is 5.69 Å². The molecule has 1 aromatic carbocycles. The van der Waals surface area contributed by atoms with E-state index in [9.17, 15) is 10.1 Å². The molecule has 0 aliphatic carbocycles. The van der Waals surface area contributed by atoms with Crippen LogP contribution in [0.4, 0.5) is 11.4 Å². The van der Waals surface area contributed by atoms with Crippen molar-refractivity contribution >= 4 is 11.4 Å². The van der Waals surface area contributed by atoms with E-state index in [1.54, 1.807) is 12.1 Å². The normalized spacial score (nSPS) is 19.3. The molecule has 0 aromatic heterocycles. The fourth-order valence-corrected chi connectivity index (χ4v) is 2.04. The second kappa shape index (κ2) is 5.02. The number of morpholine rings is 1. The van der Waals surface area contributed by atoms with E-state index in [2.05, 4.69) is 0 Å². The van der Waals surface area contributed by atoms with E-state index >= 15 is 0 Å². The predicted octanol–water partition coefficient (Wildman–Crippen LogP) is 1.69. The van der Waals surface area contributed by atoms with Crippen molar-refractivity contribution in [3.63, 3.8) is 0 Å². The number of nitro benzene ring substituents is 1. The van der Waals surface area contributed by atoms with Crippen LogP contribution in [-0.2, 0) is 4.74 Å². The van der Waals surface area contributed by atoms with Gasteiger partial charge in [-0.15, -0.1) is 0 Å². The molecular formula is C12H13N3O3. The SMILES string of the molecule is CC1CN(c2ccc(C#N)cc2[N+](=O)[O-])CCO1. The Labute approximate surface area is 105 Å². The highest BCUT2D eigenvalue weighted by atomic mass is 16.6. The summed E-state index contributed by atoms with van der Waals surface area (Å²) in [6.07, 6.45) is 0.0500. The van der Waals surface area contributed by atoms with Crippen molar-refractivity contribution < 1.29 is 9.66 Å². The van der Waals surface area contributed by atoms with E-state index in [1.807, 2.05) is 17.9 Å². The van der Waals surface area contributed by atoms with Crippen LogP contribution in [-0.4, -0.2) is 30.7 Å². The summed E-state index contributed by atoms with van der Waals surface area (Å²) in [6.45, 7) is 3.73. The highest BCUT2D eigenvalue weighted by Crippen LogP contribution is 2.30. The zero-order valence-corrected chi connectivity index (χ0v) is 10.00. The van der Waals surface area contributed by atoms with Gasteiger partial charge in [-0.1, -0.05) is 0 Å². The van der Waals surface area contributed by atoms with Gasteiger partial charge in [-0.25, -0.2) is 0 Å². The molecule has 1 heterocycles. The lowest BCUT2D eigenvalue weighted by atomic mass is 10.1. The summed E-state index contributed by atoms with van der Waals surface area (Å²) >= 11 is 0. The Kier molecular flexibility index (Phi) is 3.44. The van der Waals surface area contributed by atoms with Crippen LogP contribution in [0.15, 0.2) is 18.2 Å². The molecule has 0 amide bonds. The minimum Gasteiger partial charge on any atom is -0.375 e. The first kappa shape index (κ1) is 12.3. The third-order valence-corrected chi connectivity index (χ3v) is 2.88. The number of nitrogens with zero attached hydrogens (tertiary/aromatic N) is 3. The molecule has 0 N–H and O–H groups in total. The number of rotatable bonds is 2. The van der Waals surface area contributed by atoms with E-state index in [0.29, 0.717) is 30.9 Å². The Morgan fingerprint density at radius 3 is 3.00 bits per heavy atom. The maximum absolute atomic E-state index is 11.1. The Bertz CT molecular complexity index is 510. The molecule has 1 unspecified atom stereocenters. The molecule has 1 aromatic rings. The zero-order valence-electron chi connectivity index (χ0n) is 10.00.